The van der Waals surface area contributed by atoms with E-state index in [-0.39, 0.29) is 29.4 Å². The number of carbonyl (C=O) groups excluding carboxylic acids is 3. The van der Waals surface area contributed by atoms with E-state index in [1.54, 1.807) is 31.2 Å². The second-order valence-electron chi connectivity index (χ2n) is 6.04. The van der Waals surface area contributed by atoms with Crippen LogP contribution in [0.15, 0.2) is 47.5 Å². The Morgan fingerprint density at radius 2 is 1.97 bits per heavy atom. The molecule has 29 heavy (non-hydrogen) atoms. The molecule has 0 unspecified atom stereocenters. The Morgan fingerprint density at radius 1 is 1.21 bits per heavy atom. The van der Waals surface area contributed by atoms with Crippen LogP contribution in [-0.4, -0.2) is 29.0 Å². The number of aromatic nitrogens is 1. The maximum absolute atomic E-state index is 13.9. The van der Waals surface area contributed by atoms with Crippen molar-refractivity contribution < 1.29 is 23.5 Å². The number of nitrogens with one attached hydrogen (secondary N) is 1. The minimum atomic E-state index is -0.755. The van der Waals surface area contributed by atoms with E-state index in [0.717, 1.165) is 11.3 Å². The van der Waals surface area contributed by atoms with E-state index < -0.39 is 17.7 Å². The number of anilines is 1. The smallest absolute Gasteiger partial charge is 0.326 e. The van der Waals surface area contributed by atoms with Crippen molar-refractivity contribution >= 4 is 45.0 Å². The van der Waals surface area contributed by atoms with E-state index in [1.165, 1.54) is 29.7 Å². The zero-order valence-corrected chi connectivity index (χ0v) is 16.6. The second-order valence-corrected chi connectivity index (χ2v) is 7.05. The average Bonchev–Trinajstić information content (AvgIpc) is 2.98. The van der Waals surface area contributed by atoms with Crippen molar-refractivity contribution in [2.24, 2.45) is 4.99 Å². The number of amides is 2. The Kier molecular flexibility index (Phi) is 6.18. The molecule has 1 N–H and O–H groups in total. The molecule has 0 fully saturated rings. The molecule has 1 aromatic heterocycles. The molecule has 7 nitrogen and oxygen atoms in total. The van der Waals surface area contributed by atoms with Crippen molar-refractivity contribution in [2.75, 3.05) is 11.9 Å². The summed E-state index contributed by atoms with van der Waals surface area (Å²) < 4.78 is 21.2. The lowest BCUT2D eigenvalue weighted by molar-refractivity contribution is -0.143. The summed E-state index contributed by atoms with van der Waals surface area (Å²) >= 11 is 1.15. The van der Waals surface area contributed by atoms with Gasteiger partial charge in [0.25, 0.3) is 5.91 Å². The largest absolute Gasteiger partial charge is 0.465 e. The van der Waals surface area contributed by atoms with Crippen molar-refractivity contribution in [1.29, 1.82) is 0 Å². The van der Waals surface area contributed by atoms with Gasteiger partial charge in [-0.3, -0.25) is 14.4 Å². The van der Waals surface area contributed by atoms with E-state index in [0.29, 0.717) is 15.9 Å². The fourth-order valence-electron chi connectivity index (χ4n) is 2.71. The Balaban J connectivity index is 2.12. The molecule has 0 saturated carbocycles. The van der Waals surface area contributed by atoms with Gasteiger partial charge in [-0.15, -0.1) is 0 Å². The summed E-state index contributed by atoms with van der Waals surface area (Å²) in [6, 6.07) is 10.7. The van der Waals surface area contributed by atoms with Crippen LogP contribution < -0.4 is 10.1 Å². The minimum Gasteiger partial charge on any atom is -0.465 e. The van der Waals surface area contributed by atoms with Gasteiger partial charge in [0.1, 0.15) is 12.4 Å². The molecule has 9 heteroatoms. The molecule has 1 heterocycles. The predicted molar refractivity (Wildman–Crippen MR) is 107 cm³/mol. The van der Waals surface area contributed by atoms with Crippen molar-refractivity contribution in [3.63, 3.8) is 0 Å². The third-order valence-electron chi connectivity index (χ3n) is 3.90. The number of hydrogen-bond donors (Lipinski definition) is 1. The third-order valence-corrected chi connectivity index (χ3v) is 4.94. The summed E-state index contributed by atoms with van der Waals surface area (Å²) in [6.07, 6.45) is 0. The standard InChI is InChI=1S/C20H18FN3O4S/c1-3-28-18(26)11-24-16-9-8-13(22-12(2)25)10-17(16)29-20(24)23-19(27)14-6-4-5-7-15(14)21/h4-10H,3,11H2,1-2H3,(H,22,25). The van der Waals surface area contributed by atoms with Gasteiger partial charge in [0.05, 0.1) is 22.4 Å². The van der Waals surface area contributed by atoms with Crippen LogP contribution in [-0.2, 0) is 20.9 Å². The van der Waals surface area contributed by atoms with Crippen LogP contribution >= 0.6 is 11.3 Å². The number of nitrogens with zero attached hydrogens (tertiary/aromatic N) is 2. The molecule has 3 rings (SSSR count). The van der Waals surface area contributed by atoms with Gasteiger partial charge in [0.2, 0.25) is 5.91 Å². The SMILES string of the molecule is CCOC(=O)Cn1c(=NC(=O)c2ccccc2F)sc2cc(NC(C)=O)ccc21. The molecule has 0 aliphatic heterocycles. The van der Waals surface area contributed by atoms with Gasteiger partial charge in [-0.05, 0) is 37.3 Å². The predicted octanol–water partition coefficient (Wildman–Crippen LogP) is 3.10. The summed E-state index contributed by atoms with van der Waals surface area (Å²) in [4.78, 5) is 40.1. The molecular formula is C20H18FN3O4S. The molecule has 0 spiro atoms. The van der Waals surface area contributed by atoms with Crippen LogP contribution in [0.2, 0.25) is 0 Å². The first kappa shape index (κ1) is 20.4. The molecule has 2 aromatic carbocycles. The highest BCUT2D eigenvalue weighted by molar-refractivity contribution is 7.16. The van der Waals surface area contributed by atoms with E-state index in [9.17, 15) is 18.8 Å². The van der Waals surface area contributed by atoms with E-state index in [2.05, 4.69) is 10.3 Å². The van der Waals surface area contributed by atoms with E-state index >= 15 is 0 Å². The van der Waals surface area contributed by atoms with Crippen LogP contribution in [0, 0.1) is 5.82 Å². The lowest BCUT2D eigenvalue weighted by Gasteiger charge is -2.06. The molecule has 0 aliphatic carbocycles. The first-order valence-electron chi connectivity index (χ1n) is 8.79. The van der Waals surface area contributed by atoms with Gasteiger partial charge in [0.15, 0.2) is 4.80 Å². The molecule has 2 amide bonds. The highest BCUT2D eigenvalue weighted by atomic mass is 32.1. The van der Waals surface area contributed by atoms with Crippen LogP contribution in [0.3, 0.4) is 0 Å². The lowest BCUT2D eigenvalue weighted by atomic mass is 10.2. The van der Waals surface area contributed by atoms with Gasteiger partial charge in [0, 0.05) is 12.6 Å². The molecule has 0 aliphatic rings. The maximum Gasteiger partial charge on any atom is 0.326 e. The maximum atomic E-state index is 13.9. The third kappa shape index (κ3) is 4.75. The fraction of sp³-hybridized carbons (Fsp3) is 0.200. The number of rotatable bonds is 5. The van der Waals surface area contributed by atoms with Crippen molar-refractivity contribution in [3.8, 4) is 0 Å². The van der Waals surface area contributed by atoms with Crippen molar-refractivity contribution in [3.05, 3.63) is 58.6 Å². The van der Waals surface area contributed by atoms with Crippen LogP contribution in [0.5, 0.6) is 0 Å². The zero-order chi connectivity index (χ0) is 21.0. The molecule has 3 aromatic rings. The second kappa shape index (κ2) is 8.78. The number of halogens is 1. The Morgan fingerprint density at radius 3 is 2.66 bits per heavy atom. The molecule has 0 saturated heterocycles. The number of thiazole rings is 1. The summed E-state index contributed by atoms with van der Waals surface area (Å²) in [6.45, 7) is 3.15. The summed E-state index contributed by atoms with van der Waals surface area (Å²) in [7, 11) is 0. The number of fused-ring (bicyclic) bond motifs is 1. The van der Waals surface area contributed by atoms with Gasteiger partial charge in [-0.25, -0.2) is 4.39 Å². The lowest BCUT2D eigenvalue weighted by Crippen LogP contribution is -2.23. The van der Waals surface area contributed by atoms with Crippen LogP contribution in [0.1, 0.15) is 24.2 Å². The molecular weight excluding hydrogens is 397 g/mol. The van der Waals surface area contributed by atoms with E-state index in [4.69, 9.17) is 4.74 Å². The highest BCUT2D eigenvalue weighted by Gasteiger charge is 2.15. The minimum absolute atomic E-state index is 0.156. The molecule has 0 radical (unpaired) electrons. The first-order chi connectivity index (χ1) is 13.9. The summed E-state index contributed by atoms with van der Waals surface area (Å²) in [5.41, 5.74) is 1.05. The summed E-state index contributed by atoms with van der Waals surface area (Å²) in [5.74, 6) is -2.14. The zero-order valence-electron chi connectivity index (χ0n) is 15.8. The van der Waals surface area contributed by atoms with Crippen LogP contribution in [0.4, 0.5) is 10.1 Å². The number of benzene rings is 2. The quantitative estimate of drug-likeness (QED) is 0.649. The van der Waals surface area contributed by atoms with Crippen LogP contribution in [0.25, 0.3) is 10.2 Å². The van der Waals surface area contributed by atoms with Gasteiger partial charge in [-0.2, -0.15) is 4.99 Å². The first-order valence-corrected chi connectivity index (χ1v) is 9.61. The van der Waals surface area contributed by atoms with Crippen molar-refractivity contribution in [2.45, 2.75) is 20.4 Å². The number of carbonyl (C=O) groups is 3. The molecule has 0 bridgehead atoms. The topological polar surface area (TPSA) is 89.8 Å². The van der Waals surface area contributed by atoms with E-state index in [1.807, 2.05) is 0 Å². The molecule has 150 valence electrons. The normalized spacial score (nSPS) is 11.5. The monoisotopic (exact) mass is 415 g/mol. The number of ether oxygens (including phenoxy) is 1. The van der Waals surface area contributed by atoms with Crippen molar-refractivity contribution in [1.82, 2.24) is 4.57 Å². The number of hydrogen-bond acceptors (Lipinski definition) is 5. The number of esters is 1. The molecule has 0 atom stereocenters. The average molecular weight is 415 g/mol. The van der Waals surface area contributed by atoms with Gasteiger partial charge >= 0.3 is 5.97 Å². The summed E-state index contributed by atoms with van der Waals surface area (Å²) in [5, 5.41) is 2.68. The Labute approximate surface area is 169 Å². The van der Waals surface area contributed by atoms with Gasteiger partial charge in [-0.1, -0.05) is 23.5 Å². The fourth-order valence-corrected chi connectivity index (χ4v) is 3.78. The Hall–Kier alpha value is -3.33. The Bertz CT molecular complexity index is 1170. The van der Waals surface area contributed by atoms with Gasteiger partial charge < -0.3 is 14.6 Å². The highest BCUT2D eigenvalue weighted by Crippen LogP contribution is 2.22.